The van der Waals surface area contributed by atoms with Crippen LogP contribution in [0.3, 0.4) is 0 Å². The molecule has 0 bridgehead atoms. The van der Waals surface area contributed by atoms with Crippen molar-refractivity contribution in [3.63, 3.8) is 0 Å². The van der Waals surface area contributed by atoms with Gasteiger partial charge in [0.05, 0.1) is 0 Å². The lowest BCUT2D eigenvalue weighted by Crippen LogP contribution is -2.37. The minimum absolute atomic E-state index is 0.0932. The summed E-state index contributed by atoms with van der Waals surface area (Å²) in [6, 6.07) is 16.3. The van der Waals surface area contributed by atoms with Gasteiger partial charge >= 0.3 is 0 Å². The molecule has 1 aliphatic rings. The summed E-state index contributed by atoms with van der Waals surface area (Å²) < 4.78 is 0. The number of carbonyl (C=O) groups excluding carboxylic acids is 1. The number of para-hydroxylation sites is 1. The Bertz CT molecular complexity index is 699. The van der Waals surface area contributed by atoms with Crippen molar-refractivity contribution < 1.29 is 4.79 Å². The lowest BCUT2D eigenvalue weighted by atomic mass is 10.00. The Morgan fingerprint density at radius 3 is 2.67 bits per heavy atom. The summed E-state index contributed by atoms with van der Waals surface area (Å²) in [6.07, 6.45) is 2.27. The first-order valence-corrected chi connectivity index (χ1v) is 8.61. The summed E-state index contributed by atoms with van der Waals surface area (Å²) in [7, 11) is 0. The van der Waals surface area contributed by atoms with Crippen molar-refractivity contribution in [1.82, 2.24) is 10.2 Å². The Morgan fingerprint density at radius 1 is 1.08 bits per heavy atom. The summed E-state index contributed by atoms with van der Waals surface area (Å²) in [5.41, 5.74) is 10.6. The second-order valence-electron chi connectivity index (χ2n) is 6.34. The molecule has 0 saturated carbocycles. The Kier molecular flexibility index (Phi) is 5.49. The second-order valence-corrected chi connectivity index (χ2v) is 6.34. The molecule has 1 amide bonds. The first kappa shape index (κ1) is 16.5. The number of nitrogens with zero attached hydrogens (tertiary/aromatic N) is 1. The molecule has 0 radical (unpaired) electrons. The smallest absolute Gasteiger partial charge is 0.220 e. The van der Waals surface area contributed by atoms with Crippen LogP contribution in [0, 0.1) is 0 Å². The van der Waals surface area contributed by atoms with Crippen LogP contribution >= 0.6 is 0 Å². The molecule has 3 rings (SSSR count). The van der Waals surface area contributed by atoms with E-state index in [1.165, 1.54) is 11.1 Å². The third kappa shape index (κ3) is 4.36. The number of nitrogen functional groups attached to an aromatic ring is 1. The van der Waals surface area contributed by atoms with Gasteiger partial charge in [0.15, 0.2) is 0 Å². The van der Waals surface area contributed by atoms with Gasteiger partial charge in [0.25, 0.3) is 0 Å². The van der Waals surface area contributed by atoms with E-state index in [1.54, 1.807) is 0 Å². The maximum Gasteiger partial charge on any atom is 0.220 e. The van der Waals surface area contributed by atoms with Gasteiger partial charge in [-0.3, -0.25) is 9.69 Å². The molecule has 0 aliphatic carbocycles. The average molecular weight is 323 g/mol. The van der Waals surface area contributed by atoms with E-state index in [4.69, 9.17) is 5.73 Å². The molecule has 3 N–H and O–H groups in total. The summed E-state index contributed by atoms with van der Waals surface area (Å²) >= 11 is 0. The molecule has 1 aliphatic heterocycles. The number of rotatable bonds is 6. The van der Waals surface area contributed by atoms with Gasteiger partial charge in [-0.1, -0.05) is 42.5 Å². The summed E-state index contributed by atoms with van der Waals surface area (Å²) in [6.45, 7) is 3.64. The van der Waals surface area contributed by atoms with Crippen LogP contribution in [0.4, 0.5) is 5.69 Å². The lowest BCUT2D eigenvalue weighted by Gasteiger charge is -2.28. The number of anilines is 1. The number of hydrogen-bond donors (Lipinski definition) is 2. The summed E-state index contributed by atoms with van der Waals surface area (Å²) in [4.78, 5) is 14.4. The van der Waals surface area contributed by atoms with E-state index in [1.807, 2.05) is 24.3 Å². The molecule has 0 aromatic heterocycles. The zero-order valence-electron chi connectivity index (χ0n) is 14.0. The summed E-state index contributed by atoms with van der Waals surface area (Å²) in [5, 5.41) is 3.02. The highest BCUT2D eigenvalue weighted by Gasteiger charge is 2.15. The molecule has 126 valence electrons. The molecule has 2 aromatic rings. The Balaban J connectivity index is 1.38. The zero-order valence-corrected chi connectivity index (χ0v) is 14.0. The van der Waals surface area contributed by atoms with E-state index in [-0.39, 0.29) is 5.91 Å². The molecular formula is C20H25N3O. The first-order chi connectivity index (χ1) is 11.7. The van der Waals surface area contributed by atoms with Crippen LogP contribution in [0.15, 0.2) is 48.5 Å². The molecule has 0 fully saturated rings. The molecule has 0 unspecified atom stereocenters. The number of aryl methyl sites for hydroxylation is 1. The highest BCUT2D eigenvalue weighted by molar-refractivity contribution is 5.76. The fraction of sp³-hybridized carbons (Fsp3) is 0.350. The highest BCUT2D eigenvalue weighted by Crippen LogP contribution is 2.17. The fourth-order valence-electron chi connectivity index (χ4n) is 3.20. The maximum atomic E-state index is 12.0. The normalized spacial score (nSPS) is 14.2. The third-order valence-electron chi connectivity index (χ3n) is 4.64. The Morgan fingerprint density at radius 2 is 1.83 bits per heavy atom. The number of amides is 1. The minimum Gasteiger partial charge on any atom is -0.399 e. The van der Waals surface area contributed by atoms with E-state index in [2.05, 4.69) is 34.5 Å². The van der Waals surface area contributed by atoms with Gasteiger partial charge in [-0.15, -0.1) is 0 Å². The van der Waals surface area contributed by atoms with Crippen molar-refractivity contribution in [2.45, 2.75) is 25.8 Å². The summed E-state index contributed by atoms with van der Waals surface area (Å²) in [5.74, 6) is 0.0932. The molecule has 4 nitrogen and oxygen atoms in total. The molecule has 0 atom stereocenters. The van der Waals surface area contributed by atoms with Gasteiger partial charge in [-0.05, 0) is 35.6 Å². The zero-order chi connectivity index (χ0) is 16.8. The topological polar surface area (TPSA) is 58.4 Å². The molecular weight excluding hydrogens is 298 g/mol. The van der Waals surface area contributed by atoms with Crippen molar-refractivity contribution >= 4 is 11.6 Å². The van der Waals surface area contributed by atoms with Gasteiger partial charge in [-0.25, -0.2) is 0 Å². The van der Waals surface area contributed by atoms with E-state index in [0.717, 1.165) is 37.3 Å². The largest absolute Gasteiger partial charge is 0.399 e. The van der Waals surface area contributed by atoms with Crippen LogP contribution in [0.25, 0.3) is 0 Å². The SMILES string of the molecule is Nc1ccccc1CCC(=O)NCCN1CCc2ccccc2C1. The van der Waals surface area contributed by atoms with Crippen molar-refractivity contribution in [3.8, 4) is 0 Å². The van der Waals surface area contributed by atoms with Crippen molar-refractivity contribution in [2.24, 2.45) is 0 Å². The molecule has 24 heavy (non-hydrogen) atoms. The van der Waals surface area contributed by atoms with Crippen LogP contribution in [0.1, 0.15) is 23.1 Å². The van der Waals surface area contributed by atoms with Gasteiger partial charge in [0.2, 0.25) is 5.91 Å². The predicted molar refractivity (Wildman–Crippen MR) is 97.6 cm³/mol. The third-order valence-corrected chi connectivity index (χ3v) is 4.64. The molecule has 2 aromatic carbocycles. The van der Waals surface area contributed by atoms with Crippen LogP contribution in [0.5, 0.6) is 0 Å². The van der Waals surface area contributed by atoms with Crippen LogP contribution < -0.4 is 11.1 Å². The van der Waals surface area contributed by atoms with Gasteiger partial charge in [0.1, 0.15) is 0 Å². The second kappa shape index (κ2) is 7.97. The first-order valence-electron chi connectivity index (χ1n) is 8.61. The van der Waals surface area contributed by atoms with Gasteiger partial charge in [0, 0.05) is 38.3 Å². The molecule has 1 heterocycles. The molecule has 0 saturated heterocycles. The number of hydrogen-bond acceptors (Lipinski definition) is 3. The van der Waals surface area contributed by atoms with E-state index >= 15 is 0 Å². The lowest BCUT2D eigenvalue weighted by molar-refractivity contribution is -0.121. The minimum atomic E-state index is 0.0932. The highest BCUT2D eigenvalue weighted by atomic mass is 16.1. The van der Waals surface area contributed by atoms with Crippen LogP contribution in [-0.4, -0.2) is 30.4 Å². The standard InChI is InChI=1S/C20H25N3O/c21-19-8-4-3-6-17(19)9-10-20(24)22-12-14-23-13-11-16-5-1-2-7-18(16)15-23/h1-8H,9-15,21H2,(H,22,24). The Labute approximate surface area is 143 Å². The Hall–Kier alpha value is -2.33. The predicted octanol–water partition coefficient (Wildman–Crippen LogP) is 2.38. The molecule has 4 heteroatoms. The van der Waals surface area contributed by atoms with Crippen molar-refractivity contribution in [3.05, 3.63) is 65.2 Å². The maximum absolute atomic E-state index is 12.0. The number of benzene rings is 2. The van der Waals surface area contributed by atoms with Crippen LogP contribution in [-0.2, 0) is 24.2 Å². The van der Waals surface area contributed by atoms with Gasteiger partial charge < -0.3 is 11.1 Å². The number of nitrogens with one attached hydrogen (secondary N) is 1. The van der Waals surface area contributed by atoms with Crippen LogP contribution in [0.2, 0.25) is 0 Å². The number of fused-ring (bicyclic) bond motifs is 1. The molecule has 0 spiro atoms. The van der Waals surface area contributed by atoms with E-state index in [9.17, 15) is 4.79 Å². The van der Waals surface area contributed by atoms with Gasteiger partial charge in [-0.2, -0.15) is 0 Å². The number of nitrogens with two attached hydrogens (primary N) is 1. The monoisotopic (exact) mass is 323 g/mol. The number of carbonyl (C=O) groups is 1. The average Bonchev–Trinajstić information content (AvgIpc) is 2.61. The van der Waals surface area contributed by atoms with Crippen molar-refractivity contribution in [1.29, 1.82) is 0 Å². The fourth-order valence-corrected chi connectivity index (χ4v) is 3.20. The van der Waals surface area contributed by atoms with Crippen molar-refractivity contribution in [2.75, 3.05) is 25.4 Å². The van der Waals surface area contributed by atoms with E-state index in [0.29, 0.717) is 19.4 Å². The quantitative estimate of drug-likeness (QED) is 0.803. The van der Waals surface area contributed by atoms with E-state index < -0.39 is 0 Å².